The number of rotatable bonds is 6. The predicted molar refractivity (Wildman–Crippen MR) is 118 cm³/mol. The van der Waals surface area contributed by atoms with Gasteiger partial charge in [-0.25, -0.2) is 21.9 Å². The molecule has 3 rings (SSSR count). The summed E-state index contributed by atoms with van der Waals surface area (Å²) in [6.45, 7) is 3.22. The maximum atomic E-state index is 13.3. The molecule has 1 saturated heterocycles. The van der Waals surface area contributed by atoms with Gasteiger partial charge >= 0.3 is 6.03 Å². The first kappa shape index (κ1) is 23.7. The molecule has 2 aromatic carbocycles. The van der Waals surface area contributed by atoms with Crippen molar-refractivity contribution in [3.05, 3.63) is 65.5 Å². The SMILES string of the molecule is Cc1ccc(S(=O)(=O)N(CC(=O)NCc2ccc(F)cc2)C(=O)N2CCN(C)CC2)cc1. The van der Waals surface area contributed by atoms with E-state index in [-0.39, 0.29) is 11.4 Å². The number of aryl methyl sites for hydroxylation is 1. The number of hydrogen-bond donors (Lipinski definition) is 1. The molecule has 1 aliphatic rings. The fourth-order valence-corrected chi connectivity index (χ4v) is 4.58. The zero-order valence-corrected chi connectivity index (χ0v) is 18.9. The second-order valence-electron chi connectivity index (χ2n) is 7.80. The van der Waals surface area contributed by atoms with Crippen molar-refractivity contribution in [1.82, 2.24) is 19.4 Å². The molecule has 0 atom stereocenters. The zero-order valence-electron chi connectivity index (χ0n) is 18.1. The molecule has 1 aliphatic heterocycles. The second kappa shape index (κ2) is 10.1. The van der Waals surface area contributed by atoms with Gasteiger partial charge in [0.2, 0.25) is 5.91 Å². The average molecular weight is 463 g/mol. The lowest BCUT2D eigenvalue weighted by atomic mass is 10.2. The lowest BCUT2D eigenvalue weighted by Crippen LogP contribution is -2.54. The quantitative estimate of drug-likeness (QED) is 0.707. The summed E-state index contributed by atoms with van der Waals surface area (Å²) in [5.74, 6) is -1.03. The number of halogens is 1. The van der Waals surface area contributed by atoms with Gasteiger partial charge in [-0.3, -0.25) is 4.79 Å². The Morgan fingerprint density at radius 1 is 1.00 bits per heavy atom. The van der Waals surface area contributed by atoms with Crippen LogP contribution >= 0.6 is 0 Å². The van der Waals surface area contributed by atoms with Crippen molar-refractivity contribution in [1.29, 1.82) is 0 Å². The van der Waals surface area contributed by atoms with Crippen molar-refractivity contribution in [3.8, 4) is 0 Å². The van der Waals surface area contributed by atoms with Gasteiger partial charge in [0.1, 0.15) is 12.4 Å². The summed E-state index contributed by atoms with van der Waals surface area (Å²) in [6, 6.07) is 11.0. The van der Waals surface area contributed by atoms with Gasteiger partial charge in [0, 0.05) is 32.7 Å². The Balaban J connectivity index is 1.79. The highest BCUT2D eigenvalue weighted by Gasteiger charge is 2.35. The van der Waals surface area contributed by atoms with E-state index < -0.39 is 34.3 Å². The molecule has 0 bridgehead atoms. The van der Waals surface area contributed by atoms with E-state index in [1.165, 1.54) is 41.3 Å². The first-order valence-electron chi connectivity index (χ1n) is 10.2. The molecule has 0 aliphatic carbocycles. The Labute approximate surface area is 187 Å². The van der Waals surface area contributed by atoms with E-state index >= 15 is 0 Å². The standard InChI is InChI=1S/C22H27FN4O4S/c1-17-3-9-20(10-4-17)32(30,31)27(22(29)26-13-11-25(2)12-14-26)16-21(28)24-15-18-5-7-19(23)8-6-18/h3-10H,11-16H2,1-2H3,(H,24,28). The molecular weight excluding hydrogens is 435 g/mol. The Kier molecular flexibility index (Phi) is 7.47. The molecule has 0 aromatic heterocycles. The highest BCUT2D eigenvalue weighted by molar-refractivity contribution is 7.89. The van der Waals surface area contributed by atoms with Gasteiger partial charge in [0.25, 0.3) is 10.0 Å². The molecule has 0 spiro atoms. The van der Waals surface area contributed by atoms with Crippen LogP contribution in [0.5, 0.6) is 0 Å². The van der Waals surface area contributed by atoms with Crippen LogP contribution in [0.3, 0.4) is 0 Å². The third-order valence-corrected chi connectivity index (χ3v) is 7.02. The number of amides is 3. The number of carbonyl (C=O) groups excluding carboxylic acids is 2. The van der Waals surface area contributed by atoms with Gasteiger partial charge in [-0.15, -0.1) is 0 Å². The van der Waals surface area contributed by atoms with E-state index in [0.717, 1.165) is 5.56 Å². The van der Waals surface area contributed by atoms with Crippen LogP contribution in [0, 0.1) is 12.7 Å². The topological polar surface area (TPSA) is 90.0 Å². The summed E-state index contributed by atoms with van der Waals surface area (Å²) in [5.41, 5.74) is 1.52. The Hall–Kier alpha value is -2.98. The number of nitrogens with one attached hydrogen (secondary N) is 1. The average Bonchev–Trinajstić information content (AvgIpc) is 2.77. The molecule has 10 heteroatoms. The number of urea groups is 1. The van der Waals surface area contributed by atoms with E-state index in [9.17, 15) is 22.4 Å². The number of likely N-dealkylation sites (N-methyl/N-ethyl adjacent to an activating group) is 1. The van der Waals surface area contributed by atoms with Crippen LogP contribution in [0.1, 0.15) is 11.1 Å². The van der Waals surface area contributed by atoms with E-state index in [1.807, 2.05) is 18.9 Å². The molecule has 0 unspecified atom stereocenters. The van der Waals surface area contributed by atoms with E-state index in [0.29, 0.717) is 36.0 Å². The number of piperazine rings is 1. The molecule has 8 nitrogen and oxygen atoms in total. The normalized spacial score (nSPS) is 14.8. The maximum Gasteiger partial charge on any atom is 0.334 e. The van der Waals surface area contributed by atoms with Crippen molar-refractivity contribution >= 4 is 22.0 Å². The predicted octanol–water partition coefficient (Wildman–Crippen LogP) is 1.81. The van der Waals surface area contributed by atoms with E-state index in [4.69, 9.17) is 0 Å². The lowest BCUT2D eigenvalue weighted by molar-refractivity contribution is -0.121. The van der Waals surface area contributed by atoms with Crippen molar-refractivity contribution in [2.24, 2.45) is 0 Å². The summed E-state index contributed by atoms with van der Waals surface area (Å²) < 4.78 is 40.3. The molecule has 32 heavy (non-hydrogen) atoms. The molecule has 2 aromatic rings. The fourth-order valence-electron chi connectivity index (χ4n) is 3.24. The van der Waals surface area contributed by atoms with Gasteiger partial charge in [0.05, 0.1) is 4.90 Å². The molecule has 0 radical (unpaired) electrons. The van der Waals surface area contributed by atoms with Crippen LogP contribution in [0.15, 0.2) is 53.4 Å². The van der Waals surface area contributed by atoms with Gasteiger partial charge in [0.15, 0.2) is 0 Å². The van der Waals surface area contributed by atoms with Crippen molar-refractivity contribution in [2.45, 2.75) is 18.4 Å². The largest absolute Gasteiger partial charge is 0.350 e. The minimum atomic E-state index is -4.25. The molecular formula is C22H27FN4O4S. The fraction of sp³-hybridized carbons (Fsp3) is 0.364. The third-order valence-electron chi connectivity index (χ3n) is 5.29. The van der Waals surface area contributed by atoms with Crippen LogP contribution in [0.2, 0.25) is 0 Å². The van der Waals surface area contributed by atoms with E-state index in [2.05, 4.69) is 5.32 Å². The minimum absolute atomic E-state index is 0.0584. The number of benzene rings is 2. The Bertz CT molecular complexity index is 1050. The first-order chi connectivity index (χ1) is 15.2. The van der Waals surface area contributed by atoms with Crippen LogP contribution in [0.4, 0.5) is 9.18 Å². The Morgan fingerprint density at radius 2 is 1.59 bits per heavy atom. The molecule has 1 N–H and O–H groups in total. The van der Waals surface area contributed by atoms with Crippen LogP contribution < -0.4 is 5.32 Å². The second-order valence-corrected chi connectivity index (χ2v) is 9.66. The minimum Gasteiger partial charge on any atom is -0.350 e. The highest BCUT2D eigenvalue weighted by atomic mass is 32.2. The van der Waals surface area contributed by atoms with Crippen LogP contribution in [-0.4, -0.2) is 74.2 Å². The smallest absolute Gasteiger partial charge is 0.334 e. The molecule has 1 heterocycles. The molecule has 3 amide bonds. The van der Waals surface area contributed by atoms with Crippen LogP contribution in [-0.2, 0) is 21.4 Å². The molecule has 1 fully saturated rings. The van der Waals surface area contributed by atoms with Gasteiger partial charge in [-0.2, -0.15) is 0 Å². The number of carbonyl (C=O) groups is 2. The number of sulfonamides is 1. The summed E-state index contributed by atoms with van der Waals surface area (Å²) in [6.07, 6.45) is 0. The number of hydrogen-bond acceptors (Lipinski definition) is 5. The van der Waals surface area contributed by atoms with Crippen molar-refractivity contribution in [2.75, 3.05) is 39.8 Å². The zero-order chi connectivity index (χ0) is 23.3. The van der Waals surface area contributed by atoms with Crippen molar-refractivity contribution < 1.29 is 22.4 Å². The lowest BCUT2D eigenvalue weighted by Gasteiger charge is -2.35. The van der Waals surface area contributed by atoms with E-state index in [1.54, 1.807) is 12.1 Å². The summed E-state index contributed by atoms with van der Waals surface area (Å²) >= 11 is 0. The van der Waals surface area contributed by atoms with Gasteiger partial charge < -0.3 is 15.1 Å². The maximum absolute atomic E-state index is 13.3. The summed E-state index contributed by atoms with van der Waals surface area (Å²) in [5, 5.41) is 2.60. The first-order valence-corrected chi connectivity index (χ1v) is 11.7. The number of nitrogens with zero attached hydrogens (tertiary/aromatic N) is 3. The van der Waals surface area contributed by atoms with Crippen LogP contribution in [0.25, 0.3) is 0 Å². The molecule has 172 valence electrons. The monoisotopic (exact) mass is 462 g/mol. The highest BCUT2D eigenvalue weighted by Crippen LogP contribution is 2.19. The van der Waals surface area contributed by atoms with Crippen molar-refractivity contribution in [3.63, 3.8) is 0 Å². The molecule has 0 saturated carbocycles. The Morgan fingerprint density at radius 3 is 2.19 bits per heavy atom. The summed E-state index contributed by atoms with van der Waals surface area (Å²) in [7, 11) is -2.32. The van der Waals surface area contributed by atoms with Gasteiger partial charge in [-0.1, -0.05) is 29.8 Å². The third kappa shape index (κ3) is 5.83. The summed E-state index contributed by atoms with van der Waals surface area (Å²) in [4.78, 5) is 29.2. The van der Waals surface area contributed by atoms with Gasteiger partial charge in [-0.05, 0) is 43.8 Å².